The van der Waals surface area contributed by atoms with Gasteiger partial charge in [-0.1, -0.05) is 65.9 Å². The number of aromatic amines is 1. The lowest BCUT2D eigenvalue weighted by Gasteiger charge is -2.23. The van der Waals surface area contributed by atoms with E-state index in [-0.39, 0.29) is 22.9 Å². The van der Waals surface area contributed by atoms with Gasteiger partial charge in [-0.2, -0.15) is 0 Å². The summed E-state index contributed by atoms with van der Waals surface area (Å²) in [7, 11) is 0. The number of benzene rings is 3. The van der Waals surface area contributed by atoms with Gasteiger partial charge in [0, 0.05) is 6.42 Å². The number of hydrogen-bond donors (Lipinski definition) is 2. The molecule has 2 N–H and O–H groups in total. The van der Waals surface area contributed by atoms with E-state index in [1.54, 1.807) is 0 Å². The van der Waals surface area contributed by atoms with Crippen molar-refractivity contribution < 1.29 is 19.3 Å². The maximum atomic E-state index is 11.4. The van der Waals surface area contributed by atoms with Crippen LogP contribution in [0.3, 0.4) is 0 Å². The van der Waals surface area contributed by atoms with Gasteiger partial charge in [0.25, 0.3) is 5.17 Å². The third-order valence-corrected chi connectivity index (χ3v) is 7.51. The molecular weight excluding hydrogens is 520 g/mol. The summed E-state index contributed by atoms with van der Waals surface area (Å²) < 4.78 is 17.8. The minimum absolute atomic E-state index is 0.0198. The number of thiazole rings is 1. The molecule has 3 aromatic carbocycles. The SMILES string of the molecule is CC(COc1ccc(Cc2sc(=O)[nH]c2O)cc1)N1CC(COc2ccc(-c3ccccc3)cc2)OC1=S. The highest BCUT2D eigenvalue weighted by molar-refractivity contribution is 7.80. The Labute approximate surface area is 230 Å². The fraction of sp³-hybridized carbons (Fsp3) is 0.241. The van der Waals surface area contributed by atoms with Crippen LogP contribution in [0.1, 0.15) is 17.4 Å². The van der Waals surface area contributed by atoms with Crippen LogP contribution in [-0.4, -0.2) is 52.1 Å². The Hall–Kier alpha value is -3.82. The number of aromatic hydroxyl groups is 1. The lowest BCUT2D eigenvalue weighted by atomic mass is 10.1. The third kappa shape index (κ3) is 6.35. The van der Waals surface area contributed by atoms with E-state index in [4.69, 9.17) is 26.4 Å². The van der Waals surface area contributed by atoms with E-state index in [1.165, 1.54) is 5.56 Å². The standard InChI is InChI=1S/C29H28N2O5S2/c1-19(17-34-23-11-7-20(8-12-23)15-26-27(32)30-28(33)38-26)31-16-25(36-29(31)37)18-35-24-13-9-22(10-14-24)21-5-3-2-4-6-21/h2-14,19,25,32H,15-18H2,1H3,(H,30,33). The normalized spacial score (nSPS) is 15.8. The number of hydrogen-bond acceptors (Lipinski definition) is 7. The van der Waals surface area contributed by atoms with E-state index in [2.05, 4.69) is 29.2 Å². The van der Waals surface area contributed by atoms with E-state index >= 15 is 0 Å². The molecule has 2 heterocycles. The zero-order chi connectivity index (χ0) is 26.5. The molecule has 1 aromatic heterocycles. The molecule has 5 rings (SSSR count). The van der Waals surface area contributed by atoms with Crippen LogP contribution in [0.4, 0.5) is 0 Å². The maximum absolute atomic E-state index is 11.4. The van der Waals surface area contributed by atoms with E-state index in [0.717, 1.165) is 34.0 Å². The fourth-order valence-electron chi connectivity index (χ4n) is 4.22. The van der Waals surface area contributed by atoms with Gasteiger partial charge in [-0.15, -0.1) is 0 Å². The summed E-state index contributed by atoms with van der Waals surface area (Å²) in [5.41, 5.74) is 3.29. The van der Waals surface area contributed by atoms with Gasteiger partial charge in [-0.05, 0) is 60.1 Å². The average molecular weight is 549 g/mol. The van der Waals surface area contributed by atoms with Crippen LogP contribution in [0, 0.1) is 0 Å². The summed E-state index contributed by atoms with van der Waals surface area (Å²) in [5, 5.41) is 10.2. The van der Waals surface area contributed by atoms with Crippen LogP contribution in [-0.2, 0) is 11.2 Å². The highest BCUT2D eigenvalue weighted by Gasteiger charge is 2.32. The minimum Gasteiger partial charge on any atom is -0.494 e. The van der Waals surface area contributed by atoms with Crippen molar-refractivity contribution in [2.75, 3.05) is 19.8 Å². The van der Waals surface area contributed by atoms with E-state index in [1.807, 2.05) is 66.4 Å². The van der Waals surface area contributed by atoms with Gasteiger partial charge < -0.3 is 24.2 Å². The van der Waals surface area contributed by atoms with Gasteiger partial charge in [-0.25, -0.2) is 0 Å². The van der Waals surface area contributed by atoms with Crippen LogP contribution in [0.5, 0.6) is 17.4 Å². The quantitative estimate of drug-likeness (QED) is 0.263. The molecule has 4 aromatic rings. The summed E-state index contributed by atoms with van der Waals surface area (Å²) in [6.45, 7) is 3.53. The Morgan fingerprint density at radius 1 is 1.03 bits per heavy atom. The molecule has 0 spiro atoms. The van der Waals surface area contributed by atoms with E-state index < -0.39 is 0 Å². The van der Waals surface area contributed by atoms with Crippen molar-refractivity contribution in [2.45, 2.75) is 25.5 Å². The molecule has 2 unspecified atom stereocenters. The smallest absolute Gasteiger partial charge is 0.307 e. The molecule has 196 valence electrons. The van der Waals surface area contributed by atoms with E-state index in [0.29, 0.717) is 36.2 Å². The molecule has 0 radical (unpaired) electrons. The highest BCUT2D eigenvalue weighted by atomic mass is 32.1. The molecule has 0 bridgehead atoms. The second kappa shape index (κ2) is 11.7. The monoisotopic (exact) mass is 548 g/mol. The van der Waals surface area contributed by atoms with Gasteiger partial charge in [0.15, 0.2) is 6.10 Å². The topological polar surface area (TPSA) is 84.0 Å². The molecule has 0 saturated carbocycles. The summed E-state index contributed by atoms with van der Waals surface area (Å²) in [5.74, 6) is 1.46. The summed E-state index contributed by atoms with van der Waals surface area (Å²) >= 11 is 6.48. The van der Waals surface area contributed by atoms with Crippen LogP contribution >= 0.6 is 23.6 Å². The molecule has 1 aliphatic rings. The van der Waals surface area contributed by atoms with Crippen molar-refractivity contribution in [3.63, 3.8) is 0 Å². The van der Waals surface area contributed by atoms with Crippen molar-refractivity contribution in [3.8, 4) is 28.5 Å². The molecule has 1 fully saturated rings. The Bertz CT molecular complexity index is 1420. The van der Waals surface area contributed by atoms with Crippen molar-refractivity contribution in [1.29, 1.82) is 0 Å². The third-order valence-electron chi connectivity index (χ3n) is 6.31. The number of nitrogens with zero attached hydrogens (tertiary/aromatic N) is 1. The molecular formula is C29H28N2O5S2. The lowest BCUT2D eigenvalue weighted by Crippen LogP contribution is -2.38. The molecule has 0 aliphatic carbocycles. The highest BCUT2D eigenvalue weighted by Crippen LogP contribution is 2.24. The molecule has 38 heavy (non-hydrogen) atoms. The van der Waals surface area contributed by atoms with Crippen molar-refractivity contribution >= 4 is 28.7 Å². The molecule has 9 heteroatoms. The second-order valence-corrected chi connectivity index (χ2v) is 10.5. The molecule has 0 amide bonds. The number of aromatic nitrogens is 1. The first-order chi connectivity index (χ1) is 18.4. The first-order valence-electron chi connectivity index (χ1n) is 12.3. The Kier molecular flexibility index (Phi) is 7.95. The lowest BCUT2D eigenvalue weighted by molar-refractivity contribution is 0.145. The van der Waals surface area contributed by atoms with Crippen LogP contribution < -0.4 is 14.3 Å². The predicted molar refractivity (Wildman–Crippen MR) is 152 cm³/mol. The zero-order valence-electron chi connectivity index (χ0n) is 20.8. The zero-order valence-corrected chi connectivity index (χ0v) is 22.5. The number of thiocarbonyl (C=S) groups is 1. The number of rotatable bonds is 10. The Balaban J connectivity index is 1.08. The molecule has 1 aliphatic heterocycles. The summed E-state index contributed by atoms with van der Waals surface area (Å²) in [4.78, 5) is 16.1. The van der Waals surface area contributed by atoms with Crippen molar-refractivity contribution in [2.24, 2.45) is 0 Å². The average Bonchev–Trinajstić information content (AvgIpc) is 3.47. The first kappa shape index (κ1) is 25.8. The Morgan fingerprint density at radius 3 is 2.37 bits per heavy atom. The van der Waals surface area contributed by atoms with Gasteiger partial charge >= 0.3 is 4.87 Å². The number of H-pyrrole nitrogens is 1. The Morgan fingerprint density at radius 2 is 1.68 bits per heavy atom. The van der Waals surface area contributed by atoms with E-state index in [9.17, 15) is 9.90 Å². The summed E-state index contributed by atoms with van der Waals surface area (Å²) in [6.07, 6.45) is 0.324. The fourth-order valence-corrected chi connectivity index (χ4v) is 5.37. The van der Waals surface area contributed by atoms with Crippen LogP contribution in [0.25, 0.3) is 11.1 Å². The number of nitrogens with one attached hydrogen (secondary N) is 1. The van der Waals surface area contributed by atoms with Gasteiger partial charge in [-0.3, -0.25) is 9.78 Å². The van der Waals surface area contributed by atoms with Crippen LogP contribution in [0.15, 0.2) is 83.7 Å². The number of ether oxygens (including phenoxy) is 3. The van der Waals surface area contributed by atoms with Crippen molar-refractivity contribution in [3.05, 3.63) is 99.0 Å². The van der Waals surface area contributed by atoms with Crippen LogP contribution in [0.2, 0.25) is 0 Å². The maximum Gasteiger partial charge on any atom is 0.307 e. The van der Waals surface area contributed by atoms with Gasteiger partial charge in [0.2, 0.25) is 5.88 Å². The van der Waals surface area contributed by atoms with Gasteiger partial charge in [0.1, 0.15) is 24.7 Å². The molecule has 1 saturated heterocycles. The summed E-state index contributed by atoms with van der Waals surface area (Å²) in [6, 6.07) is 25.9. The largest absolute Gasteiger partial charge is 0.494 e. The van der Waals surface area contributed by atoms with Gasteiger partial charge in [0.05, 0.1) is 17.5 Å². The minimum atomic E-state index is -0.262. The molecule has 7 nitrogen and oxygen atoms in total. The molecule has 2 atom stereocenters. The predicted octanol–water partition coefficient (Wildman–Crippen LogP) is 5.23. The second-order valence-electron chi connectivity index (χ2n) is 9.13. The first-order valence-corrected chi connectivity index (χ1v) is 13.6. The van der Waals surface area contributed by atoms with Crippen molar-refractivity contribution in [1.82, 2.24) is 9.88 Å².